The Morgan fingerprint density at radius 3 is 2.55 bits per heavy atom. The van der Waals surface area contributed by atoms with Crippen LogP contribution in [0.4, 0.5) is 5.13 Å². The van der Waals surface area contributed by atoms with Crippen LogP contribution in [0.3, 0.4) is 0 Å². The number of nitrogens with one attached hydrogen (secondary N) is 1. The Bertz CT molecular complexity index is 408. The van der Waals surface area contributed by atoms with Gasteiger partial charge < -0.3 is 10.2 Å². The van der Waals surface area contributed by atoms with Gasteiger partial charge in [0.05, 0.1) is 5.69 Å². The van der Waals surface area contributed by atoms with Crippen molar-refractivity contribution in [2.45, 2.75) is 71.4 Å². The van der Waals surface area contributed by atoms with E-state index in [0.717, 1.165) is 6.54 Å². The molecule has 1 aliphatic rings. The molecule has 1 heterocycles. The number of aryl methyl sites for hydroxylation is 1. The predicted octanol–water partition coefficient (Wildman–Crippen LogP) is 4.28. The minimum atomic E-state index is 0.411. The molecule has 1 unspecified atom stereocenters. The van der Waals surface area contributed by atoms with E-state index in [-0.39, 0.29) is 0 Å². The lowest BCUT2D eigenvalue weighted by atomic mass is 10.1. The lowest BCUT2D eigenvalue weighted by Crippen LogP contribution is -2.30. The lowest BCUT2D eigenvalue weighted by molar-refractivity contribution is 0.552. The predicted molar refractivity (Wildman–Crippen MR) is 88.8 cm³/mol. The van der Waals surface area contributed by atoms with E-state index in [1.807, 2.05) is 11.3 Å². The number of nitrogens with zero attached hydrogens (tertiary/aromatic N) is 2. The molecule has 114 valence electrons. The average molecular weight is 295 g/mol. The zero-order chi connectivity index (χ0) is 14.5. The number of hydrogen-bond acceptors (Lipinski definition) is 4. The molecular formula is C16H29N3S. The van der Waals surface area contributed by atoms with E-state index in [1.165, 1.54) is 54.2 Å². The molecule has 4 heteroatoms. The first-order valence-corrected chi connectivity index (χ1v) is 8.88. The van der Waals surface area contributed by atoms with E-state index < -0.39 is 0 Å². The monoisotopic (exact) mass is 295 g/mol. The van der Waals surface area contributed by atoms with Gasteiger partial charge in [-0.1, -0.05) is 32.6 Å². The fraction of sp³-hybridized carbons (Fsp3) is 0.812. The Hall–Kier alpha value is -0.610. The van der Waals surface area contributed by atoms with E-state index in [4.69, 9.17) is 4.98 Å². The minimum Gasteiger partial charge on any atom is -0.348 e. The number of anilines is 1. The van der Waals surface area contributed by atoms with Crippen LogP contribution in [0, 0.1) is 6.92 Å². The average Bonchev–Trinajstić information content (AvgIpc) is 2.65. The van der Waals surface area contributed by atoms with Crippen LogP contribution in [0.5, 0.6) is 0 Å². The van der Waals surface area contributed by atoms with Gasteiger partial charge in [-0.05, 0) is 33.2 Å². The summed E-state index contributed by atoms with van der Waals surface area (Å²) >= 11 is 1.87. The molecule has 0 radical (unpaired) electrons. The molecule has 1 saturated carbocycles. The van der Waals surface area contributed by atoms with E-state index in [2.05, 4.69) is 38.0 Å². The normalized spacial score (nSPS) is 18.8. The topological polar surface area (TPSA) is 28.2 Å². The third-order valence-corrected chi connectivity index (χ3v) is 5.83. The summed E-state index contributed by atoms with van der Waals surface area (Å²) < 4.78 is 0. The Morgan fingerprint density at radius 2 is 1.95 bits per heavy atom. The summed E-state index contributed by atoms with van der Waals surface area (Å²) in [5, 5.41) is 4.70. The molecular weight excluding hydrogens is 266 g/mol. The smallest absolute Gasteiger partial charge is 0.185 e. The second kappa shape index (κ2) is 7.41. The van der Waals surface area contributed by atoms with Gasteiger partial charge in [0.1, 0.15) is 0 Å². The van der Waals surface area contributed by atoms with Crippen molar-refractivity contribution in [1.29, 1.82) is 0 Å². The number of aromatic nitrogens is 1. The van der Waals surface area contributed by atoms with E-state index >= 15 is 0 Å². The fourth-order valence-corrected chi connectivity index (χ4v) is 4.27. The maximum atomic E-state index is 4.82. The molecule has 0 amide bonds. The quantitative estimate of drug-likeness (QED) is 0.822. The second-order valence-corrected chi connectivity index (χ2v) is 6.99. The molecule has 3 nitrogen and oxygen atoms in total. The van der Waals surface area contributed by atoms with Crippen molar-refractivity contribution in [1.82, 2.24) is 10.3 Å². The molecule has 1 N–H and O–H groups in total. The van der Waals surface area contributed by atoms with Crippen molar-refractivity contribution < 1.29 is 0 Å². The Kier molecular flexibility index (Phi) is 5.85. The first-order valence-electron chi connectivity index (χ1n) is 8.07. The molecule has 1 fully saturated rings. The molecule has 0 saturated heterocycles. The van der Waals surface area contributed by atoms with Gasteiger partial charge in [-0.15, -0.1) is 11.3 Å². The molecule has 0 spiro atoms. The van der Waals surface area contributed by atoms with Crippen LogP contribution in [-0.4, -0.2) is 24.6 Å². The van der Waals surface area contributed by atoms with Crippen LogP contribution in [0.15, 0.2) is 0 Å². The molecule has 20 heavy (non-hydrogen) atoms. The SMILES string of the molecule is CCNC(C)c1sc(N(C)C2CCCCCC2)nc1C. The van der Waals surface area contributed by atoms with Crippen molar-refractivity contribution >= 4 is 16.5 Å². The van der Waals surface area contributed by atoms with Crippen molar-refractivity contribution in [3.05, 3.63) is 10.6 Å². The van der Waals surface area contributed by atoms with Crippen molar-refractivity contribution in [3.63, 3.8) is 0 Å². The van der Waals surface area contributed by atoms with E-state index in [1.54, 1.807) is 0 Å². The third-order valence-electron chi connectivity index (χ3n) is 4.40. The summed E-state index contributed by atoms with van der Waals surface area (Å²) in [6.45, 7) is 7.54. The lowest BCUT2D eigenvalue weighted by Gasteiger charge is -2.26. The van der Waals surface area contributed by atoms with Crippen LogP contribution in [0.25, 0.3) is 0 Å². The fourth-order valence-electron chi connectivity index (χ4n) is 3.15. The number of hydrogen-bond donors (Lipinski definition) is 1. The molecule has 0 aromatic carbocycles. The molecule has 0 bridgehead atoms. The summed E-state index contributed by atoms with van der Waals surface area (Å²) in [6, 6.07) is 1.10. The molecule has 1 aromatic heterocycles. The van der Waals surface area contributed by atoms with Gasteiger partial charge in [0.2, 0.25) is 0 Å². The maximum absolute atomic E-state index is 4.82. The standard InChI is InChI=1S/C16H29N3S/c1-5-17-12(2)15-13(3)18-16(20-15)19(4)14-10-8-6-7-9-11-14/h12,14,17H,5-11H2,1-4H3. The highest BCUT2D eigenvalue weighted by atomic mass is 32.1. The van der Waals surface area contributed by atoms with Gasteiger partial charge in [0.25, 0.3) is 0 Å². The maximum Gasteiger partial charge on any atom is 0.185 e. The Labute approximate surface area is 127 Å². The highest BCUT2D eigenvalue weighted by Crippen LogP contribution is 2.33. The van der Waals surface area contributed by atoms with Crippen LogP contribution in [0.2, 0.25) is 0 Å². The van der Waals surface area contributed by atoms with Gasteiger partial charge in [-0.3, -0.25) is 0 Å². The highest BCUT2D eigenvalue weighted by molar-refractivity contribution is 7.15. The molecule has 1 aliphatic carbocycles. The zero-order valence-corrected chi connectivity index (χ0v) is 14.2. The first-order chi connectivity index (χ1) is 9.63. The van der Waals surface area contributed by atoms with Crippen LogP contribution >= 0.6 is 11.3 Å². The van der Waals surface area contributed by atoms with Crippen LogP contribution in [-0.2, 0) is 0 Å². The number of rotatable bonds is 5. The van der Waals surface area contributed by atoms with Gasteiger partial charge >= 0.3 is 0 Å². The van der Waals surface area contributed by atoms with Gasteiger partial charge in [0, 0.05) is 24.0 Å². The first kappa shape index (κ1) is 15.8. The van der Waals surface area contributed by atoms with Crippen molar-refractivity contribution in [2.24, 2.45) is 0 Å². The summed E-state index contributed by atoms with van der Waals surface area (Å²) in [5.74, 6) is 0. The molecule has 1 aromatic rings. The van der Waals surface area contributed by atoms with Gasteiger partial charge in [-0.2, -0.15) is 0 Å². The van der Waals surface area contributed by atoms with Gasteiger partial charge in [-0.25, -0.2) is 4.98 Å². The zero-order valence-electron chi connectivity index (χ0n) is 13.4. The largest absolute Gasteiger partial charge is 0.348 e. The summed E-state index contributed by atoms with van der Waals surface area (Å²) in [7, 11) is 2.23. The number of thiazole rings is 1. The Morgan fingerprint density at radius 1 is 1.30 bits per heavy atom. The highest BCUT2D eigenvalue weighted by Gasteiger charge is 2.21. The van der Waals surface area contributed by atoms with E-state index in [9.17, 15) is 0 Å². The summed E-state index contributed by atoms with van der Waals surface area (Å²) in [5.41, 5.74) is 1.19. The molecule has 1 atom stereocenters. The molecule has 0 aliphatic heterocycles. The van der Waals surface area contributed by atoms with Crippen molar-refractivity contribution in [3.8, 4) is 0 Å². The minimum absolute atomic E-state index is 0.411. The van der Waals surface area contributed by atoms with Gasteiger partial charge in [0.15, 0.2) is 5.13 Å². The van der Waals surface area contributed by atoms with E-state index in [0.29, 0.717) is 12.1 Å². The summed E-state index contributed by atoms with van der Waals surface area (Å²) in [6.07, 6.45) is 8.22. The van der Waals surface area contributed by atoms with Crippen LogP contribution in [0.1, 0.15) is 69.0 Å². The summed E-state index contributed by atoms with van der Waals surface area (Å²) in [4.78, 5) is 8.65. The Balaban J connectivity index is 2.09. The second-order valence-electron chi connectivity index (χ2n) is 5.98. The molecule has 2 rings (SSSR count). The van der Waals surface area contributed by atoms with Crippen LogP contribution < -0.4 is 10.2 Å². The van der Waals surface area contributed by atoms with Crippen molar-refractivity contribution in [2.75, 3.05) is 18.5 Å². The third kappa shape index (κ3) is 3.73.